The first-order valence-corrected chi connectivity index (χ1v) is 18.9. The molecule has 8 rings (SSSR count). The van der Waals surface area contributed by atoms with E-state index >= 15 is 0 Å². The molecule has 2 bridgehead atoms. The van der Waals surface area contributed by atoms with Crippen molar-refractivity contribution in [3.63, 3.8) is 0 Å². The van der Waals surface area contributed by atoms with E-state index in [0.29, 0.717) is 37.4 Å². The highest BCUT2D eigenvalue weighted by molar-refractivity contribution is 7.90. The summed E-state index contributed by atoms with van der Waals surface area (Å²) in [7, 11) is -3.34. The second kappa shape index (κ2) is 11.8. The number of fused-ring (bicyclic) bond motifs is 9. The number of hydrogen-bond acceptors (Lipinski definition) is 6. The molecule has 49 heavy (non-hydrogen) atoms. The lowest BCUT2D eigenvalue weighted by Crippen LogP contribution is -2.59. The van der Waals surface area contributed by atoms with Crippen LogP contribution in [0.15, 0.2) is 36.4 Å². The van der Waals surface area contributed by atoms with Crippen LogP contribution in [0.5, 0.6) is 5.75 Å². The molecule has 13 heteroatoms. The van der Waals surface area contributed by atoms with E-state index in [-0.39, 0.29) is 35.4 Å². The third-order valence-corrected chi connectivity index (χ3v) is 12.7. The first kappa shape index (κ1) is 32.6. The minimum absolute atomic E-state index is 0.0243. The van der Waals surface area contributed by atoms with Crippen LogP contribution in [0.3, 0.4) is 0 Å². The first-order chi connectivity index (χ1) is 23.4. The monoisotopic (exact) mass is 699 g/mol. The molecule has 3 aromatic rings. The van der Waals surface area contributed by atoms with Crippen molar-refractivity contribution in [2.75, 3.05) is 26.1 Å². The summed E-state index contributed by atoms with van der Waals surface area (Å²) in [6, 6.07) is 10.9. The van der Waals surface area contributed by atoms with Crippen LogP contribution < -0.4 is 9.46 Å². The molecule has 1 aromatic heterocycles. The highest BCUT2D eigenvalue weighted by atomic mass is 32.2. The van der Waals surface area contributed by atoms with E-state index in [1.165, 1.54) is 6.07 Å². The molecule has 0 spiro atoms. The molecule has 9 nitrogen and oxygen atoms in total. The van der Waals surface area contributed by atoms with E-state index in [1.54, 1.807) is 24.0 Å². The molecule has 2 aromatic carbocycles. The van der Waals surface area contributed by atoms with Gasteiger partial charge in [-0.15, -0.1) is 0 Å². The van der Waals surface area contributed by atoms with Gasteiger partial charge in [0.25, 0.3) is 5.91 Å². The number of benzene rings is 2. The van der Waals surface area contributed by atoms with Gasteiger partial charge < -0.3 is 18.9 Å². The number of halogens is 3. The molecule has 262 valence electrons. The van der Waals surface area contributed by atoms with E-state index in [0.717, 1.165) is 79.1 Å². The number of piperidine rings is 1. The number of nitrogens with zero attached hydrogens (tertiary/aromatic N) is 2. The number of alkyl halides is 3. The second-order valence-electron chi connectivity index (χ2n) is 14.6. The number of rotatable bonds is 6. The van der Waals surface area contributed by atoms with Crippen molar-refractivity contribution in [1.29, 1.82) is 0 Å². The van der Waals surface area contributed by atoms with Gasteiger partial charge in [0.1, 0.15) is 5.75 Å². The molecule has 3 aliphatic heterocycles. The van der Waals surface area contributed by atoms with E-state index in [2.05, 4.69) is 21.6 Å². The van der Waals surface area contributed by atoms with Crippen LogP contribution >= 0.6 is 0 Å². The summed E-state index contributed by atoms with van der Waals surface area (Å²) in [6.45, 7) is 1.40. The minimum Gasteiger partial charge on any atom is -0.497 e. The Bertz CT molecular complexity index is 1930. The first-order valence-electron chi connectivity index (χ1n) is 17.3. The molecular formula is C36H40F3N3O6S. The fraction of sp³-hybridized carbons (Fsp3) is 0.556. The third-order valence-electron chi connectivity index (χ3n) is 11.5. The van der Waals surface area contributed by atoms with E-state index in [4.69, 9.17) is 9.47 Å². The van der Waals surface area contributed by atoms with Crippen LogP contribution in [0.4, 0.5) is 13.2 Å². The van der Waals surface area contributed by atoms with Crippen LogP contribution in [-0.2, 0) is 26.1 Å². The van der Waals surface area contributed by atoms with Gasteiger partial charge in [-0.2, -0.15) is 13.2 Å². The fourth-order valence-corrected chi connectivity index (χ4v) is 10.2. The summed E-state index contributed by atoms with van der Waals surface area (Å²) >= 11 is 0. The van der Waals surface area contributed by atoms with Gasteiger partial charge >= 0.3 is 6.18 Å². The number of carbonyl (C=O) groups is 2. The molecule has 3 unspecified atom stereocenters. The number of hydrogen-bond donors (Lipinski definition) is 1. The van der Waals surface area contributed by atoms with Crippen molar-refractivity contribution >= 4 is 32.7 Å². The standard InChI is InChI=1S/C36H40F3N3O6S/c1-47-25-11-13-26-28(15-25)29-16-35(29,34(44)42-23-8-5-9-24(42)18-48-17-23)19-41-30-14-22(33(43)40-49(45,46)20-36(37,38)39)10-12-27(30)31(32(26)41)21-6-3-2-4-7-21/h10-15,21,23-24,29H,2-9,16-20H2,1H3,(H,40,43)/t23-,24?,29?,35?/m1/s1. The van der Waals surface area contributed by atoms with Crippen LogP contribution in [-0.4, -0.2) is 74.0 Å². The van der Waals surface area contributed by atoms with Crippen molar-refractivity contribution in [2.24, 2.45) is 5.41 Å². The summed E-state index contributed by atoms with van der Waals surface area (Å²) in [4.78, 5) is 30.3. The Labute approximate surface area is 283 Å². The van der Waals surface area contributed by atoms with Gasteiger partial charge in [-0.05, 0) is 85.9 Å². The zero-order valence-corrected chi connectivity index (χ0v) is 28.2. The Hall–Kier alpha value is -3.58. The van der Waals surface area contributed by atoms with Gasteiger partial charge in [-0.25, -0.2) is 13.1 Å². The maximum Gasteiger partial charge on any atom is 0.404 e. The Morgan fingerprint density at radius 1 is 1.00 bits per heavy atom. The summed E-state index contributed by atoms with van der Waals surface area (Å²) in [6.07, 6.45) is 3.77. The number of aromatic nitrogens is 1. The molecular weight excluding hydrogens is 659 g/mol. The van der Waals surface area contributed by atoms with Gasteiger partial charge in [0, 0.05) is 34.5 Å². The highest BCUT2D eigenvalue weighted by Gasteiger charge is 2.65. The number of nitrogens with one attached hydrogen (secondary N) is 1. The molecule has 2 aliphatic carbocycles. The fourth-order valence-electron chi connectivity index (χ4n) is 9.30. The smallest absolute Gasteiger partial charge is 0.404 e. The average Bonchev–Trinajstić information content (AvgIpc) is 3.72. The minimum atomic E-state index is -5.00. The van der Waals surface area contributed by atoms with Crippen LogP contribution in [0.2, 0.25) is 0 Å². The third kappa shape index (κ3) is 5.60. The zero-order chi connectivity index (χ0) is 34.3. The Balaban J connectivity index is 1.30. The lowest BCUT2D eigenvalue weighted by Gasteiger charge is -2.47. The van der Waals surface area contributed by atoms with Crippen LogP contribution in [0.25, 0.3) is 22.2 Å². The zero-order valence-electron chi connectivity index (χ0n) is 27.4. The summed E-state index contributed by atoms with van der Waals surface area (Å²) in [5, 5.41) is 0.906. The van der Waals surface area contributed by atoms with Crippen molar-refractivity contribution in [3.8, 4) is 17.0 Å². The number of amides is 2. The number of methoxy groups -OCH3 is 1. The Morgan fingerprint density at radius 3 is 2.43 bits per heavy atom. The lowest BCUT2D eigenvalue weighted by molar-refractivity contribution is -0.157. The molecule has 5 aliphatic rings. The molecule has 2 amide bonds. The predicted octanol–water partition coefficient (Wildman–Crippen LogP) is 6.25. The van der Waals surface area contributed by atoms with Crippen molar-refractivity contribution in [3.05, 3.63) is 53.1 Å². The molecule has 1 N–H and O–H groups in total. The number of carbonyl (C=O) groups excluding carboxylic acids is 2. The largest absolute Gasteiger partial charge is 0.497 e. The lowest BCUT2D eigenvalue weighted by atomic mass is 9.81. The second-order valence-corrected chi connectivity index (χ2v) is 16.3. The SMILES string of the molecule is COc1ccc2c(c1)C1CC1(C(=O)N1C3CCC[C@@H]1COC3)Cn1c-2c(C2CCCCC2)c2ccc(C(=O)NS(=O)(=O)CC(F)(F)F)cc21. The average molecular weight is 700 g/mol. The molecule has 4 fully saturated rings. The molecule has 0 radical (unpaired) electrons. The van der Waals surface area contributed by atoms with Crippen LogP contribution in [0.1, 0.15) is 91.1 Å². The van der Waals surface area contributed by atoms with Gasteiger partial charge in [-0.3, -0.25) is 9.59 Å². The van der Waals surface area contributed by atoms with E-state index in [1.807, 2.05) is 6.07 Å². The topological polar surface area (TPSA) is 107 Å². The maximum atomic E-state index is 15.0. The molecule has 4 atom stereocenters. The Morgan fingerprint density at radius 2 is 1.73 bits per heavy atom. The van der Waals surface area contributed by atoms with Crippen molar-refractivity contribution < 1.29 is 40.7 Å². The summed E-state index contributed by atoms with van der Waals surface area (Å²) < 4.78 is 78.7. The van der Waals surface area contributed by atoms with Crippen LogP contribution in [0, 0.1) is 5.41 Å². The van der Waals surface area contributed by atoms with Crippen molar-refractivity contribution in [2.45, 2.75) is 94.4 Å². The normalized spacial score (nSPS) is 26.7. The number of morpholine rings is 1. The Kier molecular flexibility index (Phi) is 7.82. The van der Waals surface area contributed by atoms with E-state index in [9.17, 15) is 31.2 Å². The highest BCUT2D eigenvalue weighted by Crippen LogP contribution is 2.66. The van der Waals surface area contributed by atoms with E-state index < -0.39 is 33.3 Å². The van der Waals surface area contributed by atoms with Crippen molar-refractivity contribution in [1.82, 2.24) is 14.2 Å². The molecule has 2 saturated carbocycles. The molecule has 2 saturated heterocycles. The van der Waals surface area contributed by atoms with Gasteiger partial charge in [0.15, 0.2) is 5.75 Å². The van der Waals surface area contributed by atoms with Gasteiger partial charge in [-0.1, -0.05) is 25.3 Å². The maximum absolute atomic E-state index is 15.0. The van der Waals surface area contributed by atoms with Gasteiger partial charge in [0.2, 0.25) is 15.9 Å². The quantitative estimate of drug-likeness (QED) is 0.326. The van der Waals surface area contributed by atoms with Gasteiger partial charge in [0.05, 0.1) is 43.5 Å². The predicted molar refractivity (Wildman–Crippen MR) is 176 cm³/mol. The molecule has 4 heterocycles. The number of ether oxygens (including phenoxy) is 2. The summed E-state index contributed by atoms with van der Waals surface area (Å²) in [5.41, 5.74) is 4.05. The number of sulfonamides is 1. The summed E-state index contributed by atoms with van der Waals surface area (Å²) in [5.74, 6) is -2.29.